The van der Waals surface area contributed by atoms with Gasteiger partial charge >= 0.3 is 12.1 Å². The van der Waals surface area contributed by atoms with E-state index in [9.17, 15) is 26.4 Å². The van der Waals surface area contributed by atoms with Crippen molar-refractivity contribution in [1.82, 2.24) is 4.31 Å². The molecule has 0 fully saturated rings. The van der Waals surface area contributed by atoms with Crippen molar-refractivity contribution >= 4 is 27.3 Å². The van der Waals surface area contributed by atoms with E-state index < -0.39 is 34.8 Å². The summed E-state index contributed by atoms with van der Waals surface area (Å²) in [6, 6.07) is 1.54. The van der Waals surface area contributed by atoms with Crippen molar-refractivity contribution in [2.45, 2.75) is 36.7 Å². The van der Waals surface area contributed by atoms with E-state index in [0.717, 1.165) is 6.07 Å². The van der Waals surface area contributed by atoms with Crippen molar-refractivity contribution in [1.29, 1.82) is 0 Å². The van der Waals surface area contributed by atoms with E-state index >= 15 is 0 Å². The van der Waals surface area contributed by atoms with E-state index in [1.807, 2.05) is 0 Å². The molecule has 1 N–H and O–H groups in total. The minimum Gasteiger partial charge on any atom is -0.481 e. The van der Waals surface area contributed by atoms with Crippen LogP contribution >= 0.6 is 11.3 Å². The molecule has 0 radical (unpaired) electrons. The Morgan fingerprint density at radius 3 is 2.38 bits per heavy atom. The first-order valence-corrected chi connectivity index (χ1v) is 8.08. The summed E-state index contributed by atoms with van der Waals surface area (Å²) >= 11 is 0.662. The van der Waals surface area contributed by atoms with Crippen LogP contribution in [-0.2, 0) is 21.2 Å². The van der Waals surface area contributed by atoms with E-state index in [4.69, 9.17) is 5.11 Å². The Kier molecular flexibility index (Phi) is 5.40. The van der Waals surface area contributed by atoms with E-state index in [2.05, 4.69) is 0 Å². The first-order valence-electron chi connectivity index (χ1n) is 5.82. The number of rotatable bonds is 6. The van der Waals surface area contributed by atoms with Gasteiger partial charge < -0.3 is 5.11 Å². The van der Waals surface area contributed by atoms with Gasteiger partial charge in [0.2, 0.25) is 0 Å². The van der Waals surface area contributed by atoms with Gasteiger partial charge in [0.1, 0.15) is 10.8 Å². The van der Waals surface area contributed by atoms with E-state index in [1.165, 1.54) is 19.9 Å². The molecule has 21 heavy (non-hydrogen) atoms. The number of halogens is 3. The molecule has 0 aliphatic heterocycles. The molecule has 0 atom stereocenters. The summed E-state index contributed by atoms with van der Waals surface area (Å²) in [6.45, 7) is 1.10. The van der Waals surface area contributed by atoms with Gasteiger partial charge in [-0.2, -0.15) is 17.5 Å². The first kappa shape index (κ1) is 17.9. The molecule has 5 nitrogen and oxygen atoms in total. The summed E-state index contributed by atoms with van der Waals surface area (Å²) in [5.41, 5.74) is 0. The molecule has 0 aliphatic rings. The largest absolute Gasteiger partial charge is 0.481 e. The lowest BCUT2D eigenvalue weighted by Gasteiger charge is -2.26. The van der Waals surface area contributed by atoms with Gasteiger partial charge in [-0.3, -0.25) is 4.79 Å². The predicted octanol–water partition coefficient (Wildman–Crippen LogP) is 2.34. The summed E-state index contributed by atoms with van der Waals surface area (Å²) in [4.78, 5) is 10.8. The van der Waals surface area contributed by atoms with Gasteiger partial charge in [0, 0.05) is 10.9 Å². The molecule has 10 heteroatoms. The lowest BCUT2D eigenvalue weighted by atomic mass is 10.3. The second kappa shape index (κ2) is 6.32. The summed E-state index contributed by atoms with van der Waals surface area (Å²) in [7, 11) is -4.31. The quantitative estimate of drug-likeness (QED) is 0.859. The molecule has 1 aromatic heterocycles. The van der Waals surface area contributed by atoms with Crippen LogP contribution < -0.4 is 0 Å². The van der Waals surface area contributed by atoms with Crippen molar-refractivity contribution in [3.63, 3.8) is 0 Å². The zero-order valence-electron chi connectivity index (χ0n) is 11.2. The van der Waals surface area contributed by atoms with Crippen LogP contribution in [0.2, 0.25) is 0 Å². The van der Waals surface area contributed by atoms with Gasteiger partial charge in [-0.1, -0.05) is 0 Å². The maximum absolute atomic E-state index is 12.5. The third kappa shape index (κ3) is 4.97. The first-order chi connectivity index (χ1) is 9.43. The number of sulfonamides is 1. The van der Waals surface area contributed by atoms with Crippen LogP contribution in [0.1, 0.15) is 18.7 Å². The van der Waals surface area contributed by atoms with Gasteiger partial charge in [-0.25, -0.2) is 8.42 Å². The van der Waals surface area contributed by atoms with Crippen LogP contribution in [0.25, 0.3) is 0 Å². The number of carbonyl (C=O) groups is 1. The van der Waals surface area contributed by atoms with E-state index in [-0.39, 0.29) is 15.5 Å². The minimum atomic E-state index is -4.65. The van der Waals surface area contributed by atoms with Crippen LogP contribution in [0.3, 0.4) is 0 Å². The van der Waals surface area contributed by atoms with Crippen molar-refractivity contribution in [3.8, 4) is 0 Å². The van der Waals surface area contributed by atoms with Crippen molar-refractivity contribution in [2.75, 3.05) is 6.54 Å². The smallest absolute Gasteiger partial charge is 0.402 e. The van der Waals surface area contributed by atoms with Gasteiger partial charge in [0.05, 0.1) is 6.42 Å². The van der Waals surface area contributed by atoms with E-state index in [1.54, 1.807) is 0 Å². The molecule has 0 saturated carbocycles. The highest BCUT2D eigenvalue weighted by atomic mass is 32.2. The van der Waals surface area contributed by atoms with Gasteiger partial charge in [-0.05, 0) is 26.0 Å². The monoisotopic (exact) mass is 345 g/mol. The Hall–Kier alpha value is -1.13. The second-order valence-electron chi connectivity index (χ2n) is 4.55. The van der Waals surface area contributed by atoms with Gasteiger partial charge in [0.15, 0.2) is 0 Å². The normalized spacial score (nSPS) is 13.1. The highest BCUT2D eigenvalue weighted by molar-refractivity contribution is 7.91. The Bertz CT molecular complexity index is 607. The molecule has 0 unspecified atom stereocenters. The number of hydrogen-bond donors (Lipinski definition) is 1. The van der Waals surface area contributed by atoms with Gasteiger partial charge in [0.25, 0.3) is 10.0 Å². The summed E-state index contributed by atoms with van der Waals surface area (Å²) < 4.78 is 62.1. The fourth-order valence-electron chi connectivity index (χ4n) is 1.58. The molecule has 0 amide bonds. The number of alkyl halides is 3. The van der Waals surface area contributed by atoms with Crippen molar-refractivity contribution < 1.29 is 31.5 Å². The predicted molar refractivity (Wildman–Crippen MR) is 70.7 cm³/mol. The zero-order chi connectivity index (χ0) is 16.4. The number of carboxylic acid groups (broad SMARTS) is 1. The Balaban J connectivity index is 3.11. The second-order valence-corrected chi connectivity index (χ2v) is 7.84. The van der Waals surface area contributed by atoms with Crippen molar-refractivity contribution in [2.24, 2.45) is 0 Å². The number of carboxylic acids is 1. The topological polar surface area (TPSA) is 74.7 Å². The maximum Gasteiger partial charge on any atom is 0.402 e. The molecule has 0 aliphatic carbocycles. The fraction of sp³-hybridized carbons (Fsp3) is 0.545. The molecular formula is C11H14F3NO4S2. The standard InChI is InChI=1S/C11H14F3NO4S2/c1-7(2)15(6-11(12,13)14)21(18,19)10-4-3-8(20-10)5-9(16)17/h3-4,7H,5-6H2,1-2H3,(H,16,17). The molecule has 0 bridgehead atoms. The fourth-order valence-corrected chi connectivity index (χ4v) is 4.68. The number of aliphatic carboxylic acids is 1. The summed E-state index contributed by atoms with van der Waals surface area (Å²) in [6.07, 6.45) is -5.03. The van der Waals surface area contributed by atoms with Crippen LogP contribution in [0.5, 0.6) is 0 Å². The SMILES string of the molecule is CC(C)N(CC(F)(F)F)S(=O)(=O)c1ccc(CC(=O)O)s1. The Labute approximate surface area is 124 Å². The highest BCUT2D eigenvalue weighted by Crippen LogP contribution is 2.29. The third-order valence-corrected chi connectivity index (χ3v) is 6.01. The Morgan fingerprint density at radius 2 is 1.95 bits per heavy atom. The van der Waals surface area contributed by atoms with Crippen LogP contribution in [0, 0.1) is 0 Å². The molecule has 0 saturated heterocycles. The average molecular weight is 345 g/mol. The van der Waals surface area contributed by atoms with Crippen LogP contribution in [-0.4, -0.2) is 42.6 Å². The van der Waals surface area contributed by atoms with E-state index in [0.29, 0.717) is 15.6 Å². The Morgan fingerprint density at radius 1 is 1.38 bits per heavy atom. The molecule has 1 rings (SSSR count). The zero-order valence-corrected chi connectivity index (χ0v) is 12.8. The lowest BCUT2D eigenvalue weighted by molar-refractivity contribution is -0.138. The number of hydrogen-bond acceptors (Lipinski definition) is 4. The molecule has 1 heterocycles. The maximum atomic E-state index is 12.5. The molecule has 0 aromatic carbocycles. The average Bonchev–Trinajstić information content (AvgIpc) is 2.72. The molecule has 0 spiro atoms. The molecule has 1 aromatic rings. The molecule has 120 valence electrons. The summed E-state index contributed by atoms with van der Waals surface area (Å²) in [5.74, 6) is -1.14. The summed E-state index contributed by atoms with van der Waals surface area (Å²) in [5, 5.41) is 8.63. The van der Waals surface area contributed by atoms with Crippen LogP contribution in [0.15, 0.2) is 16.3 Å². The van der Waals surface area contributed by atoms with Crippen molar-refractivity contribution in [3.05, 3.63) is 17.0 Å². The molecular weight excluding hydrogens is 331 g/mol. The lowest BCUT2D eigenvalue weighted by Crippen LogP contribution is -2.42. The van der Waals surface area contributed by atoms with Gasteiger partial charge in [-0.15, -0.1) is 11.3 Å². The van der Waals surface area contributed by atoms with Crippen LogP contribution in [0.4, 0.5) is 13.2 Å². The minimum absolute atomic E-state index is 0.261. The third-order valence-electron chi connectivity index (χ3n) is 2.44. The highest BCUT2D eigenvalue weighted by Gasteiger charge is 2.39. The number of thiophene rings is 1. The number of nitrogens with zero attached hydrogens (tertiary/aromatic N) is 1.